The average Bonchev–Trinajstić information content (AvgIpc) is 3.12. The fourth-order valence-corrected chi connectivity index (χ4v) is 4.52. The lowest BCUT2D eigenvalue weighted by molar-refractivity contribution is -0.158. The maximum Gasteiger partial charge on any atom is 0.347 e. The van der Waals surface area contributed by atoms with E-state index in [0.29, 0.717) is 12.8 Å². The maximum absolute atomic E-state index is 13.3. The highest BCUT2D eigenvalue weighted by atomic mass is 16.6. The second-order valence-electron chi connectivity index (χ2n) is 11.5. The highest BCUT2D eigenvalue weighted by Crippen LogP contribution is 2.24. The minimum Gasteiger partial charge on any atom is -0.426 e. The molecule has 11 heteroatoms. The molecule has 0 spiro atoms. The van der Waals surface area contributed by atoms with Gasteiger partial charge in [-0.2, -0.15) is 0 Å². The van der Waals surface area contributed by atoms with E-state index in [2.05, 4.69) is 60.8 Å². The van der Waals surface area contributed by atoms with E-state index in [4.69, 9.17) is 14.2 Å². The summed E-state index contributed by atoms with van der Waals surface area (Å²) in [7, 11) is 0. The minimum absolute atomic E-state index is 0.0369. The Balaban J connectivity index is 1.87. The van der Waals surface area contributed by atoms with Crippen LogP contribution in [0.5, 0.6) is 11.5 Å². The summed E-state index contributed by atoms with van der Waals surface area (Å²) in [4.78, 5) is 62.9. The van der Waals surface area contributed by atoms with Crippen molar-refractivity contribution in [3.63, 3.8) is 0 Å². The number of carbonyl (C=O) groups is 5. The highest BCUT2D eigenvalue weighted by Gasteiger charge is 2.27. The number of hydrogen-bond donors (Lipinski definition) is 3. The standard InChI is InChI=1S/C42H49NO10/c1-3-4-5-6-7-8-9-10-11-12-13-14-15-16-17-18-19-20-29-39(47)53-42(50)35(30-31-38(45)46)43-40(48)33-25-21-23-27-36(33)52-41(49)34-26-22-24-28-37(34)51-32(2)44/h4-5,7-8,10-11,13-14,16-17,20-29,35,38,45-46H,3,6,9,12,15,18-19,30-31H2,1-2H3,(H,43,48)/b5-4?,8-7?,11-10?,14-13?,17-16?,29-20+. The number of esters is 4. The molecule has 53 heavy (non-hydrogen) atoms. The molecule has 0 fully saturated rings. The first-order valence-electron chi connectivity index (χ1n) is 17.5. The third-order valence-electron chi connectivity index (χ3n) is 7.11. The van der Waals surface area contributed by atoms with E-state index in [9.17, 15) is 34.2 Å². The highest BCUT2D eigenvalue weighted by molar-refractivity contribution is 6.02. The number of aliphatic hydroxyl groups excluding tert-OH is 1. The second-order valence-corrected chi connectivity index (χ2v) is 11.5. The first-order valence-corrected chi connectivity index (χ1v) is 17.5. The molecule has 0 heterocycles. The Hall–Kier alpha value is -5.65. The molecule has 0 aliphatic rings. The van der Waals surface area contributed by atoms with Crippen molar-refractivity contribution in [3.05, 3.63) is 133 Å². The Morgan fingerprint density at radius 2 is 1.17 bits per heavy atom. The van der Waals surface area contributed by atoms with Crippen molar-refractivity contribution in [2.45, 2.75) is 84.0 Å². The summed E-state index contributed by atoms with van der Waals surface area (Å²) in [5, 5.41) is 21.2. The van der Waals surface area contributed by atoms with Gasteiger partial charge in [-0.25, -0.2) is 14.4 Å². The minimum atomic E-state index is -1.79. The SMILES string of the molecule is CCC=CCC=CCC=CCC=CCC=CCC/C=C/C(=O)OC(=O)C(CCC(O)O)NC(=O)c1ccccc1OC(=O)c1ccccc1OC(C)=O. The monoisotopic (exact) mass is 727 g/mol. The van der Waals surface area contributed by atoms with Crippen LogP contribution in [0.25, 0.3) is 0 Å². The fourth-order valence-electron chi connectivity index (χ4n) is 4.52. The van der Waals surface area contributed by atoms with Crippen LogP contribution in [0, 0.1) is 0 Å². The van der Waals surface area contributed by atoms with Crippen LogP contribution in [0.4, 0.5) is 0 Å². The normalized spacial score (nSPS) is 12.5. The number of benzene rings is 2. The quantitative estimate of drug-likeness (QED) is 0.0215. The van der Waals surface area contributed by atoms with Crippen LogP contribution in [-0.2, 0) is 19.1 Å². The fraction of sp³-hybridized carbons (Fsp3) is 0.310. The second kappa shape index (κ2) is 26.2. The van der Waals surface area contributed by atoms with Gasteiger partial charge in [0.25, 0.3) is 5.91 Å². The predicted octanol–water partition coefficient (Wildman–Crippen LogP) is 7.18. The maximum atomic E-state index is 13.3. The largest absolute Gasteiger partial charge is 0.426 e. The van der Waals surface area contributed by atoms with Gasteiger partial charge in [0.1, 0.15) is 23.1 Å². The molecule has 0 aliphatic heterocycles. The molecular formula is C42H49NO10. The number of ether oxygens (including phenoxy) is 3. The van der Waals surface area contributed by atoms with Crippen molar-refractivity contribution < 1.29 is 48.4 Å². The third kappa shape index (κ3) is 19.0. The van der Waals surface area contributed by atoms with E-state index in [1.807, 2.05) is 12.2 Å². The van der Waals surface area contributed by atoms with E-state index >= 15 is 0 Å². The number of aliphatic hydroxyl groups is 2. The van der Waals surface area contributed by atoms with Gasteiger partial charge in [-0.1, -0.05) is 98.0 Å². The summed E-state index contributed by atoms with van der Waals surface area (Å²) in [5.74, 6) is -4.71. The molecule has 0 aliphatic carbocycles. The van der Waals surface area contributed by atoms with Crippen LogP contribution in [0.15, 0.2) is 121 Å². The summed E-state index contributed by atoms with van der Waals surface area (Å²) < 4.78 is 15.4. The van der Waals surface area contributed by atoms with Gasteiger partial charge in [-0.15, -0.1) is 0 Å². The predicted molar refractivity (Wildman–Crippen MR) is 202 cm³/mol. The number of para-hydroxylation sites is 2. The van der Waals surface area contributed by atoms with E-state index in [0.717, 1.165) is 38.2 Å². The van der Waals surface area contributed by atoms with Gasteiger partial charge >= 0.3 is 23.9 Å². The lowest BCUT2D eigenvalue weighted by Gasteiger charge is -2.18. The molecule has 0 saturated carbocycles. The van der Waals surface area contributed by atoms with E-state index in [1.54, 1.807) is 12.1 Å². The molecule has 0 radical (unpaired) electrons. The smallest absolute Gasteiger partial charge is 0.347 e. The molecule has 2 rings (SSSR count). The van der Waals surface area contributed by atoms with Gasteiger partial charge in [-0.05, 0) is 75.6 Å². The number of unbranched alkanes of at least 4 members (excludes halogenated alkanes) is 1. The Morgan fingerprint density at radius 1 is 0.660 bits per heavy atom. The Labute approximate surface area is 311 Å². The molecule has 1 unspecified atom stereocenters. The van der Waals surface area contributed by atoms with Gasteiger partial charge in [-0.3, -0.25) is 9.59 Å². The van der Waals surface area contributed by atoms with E-state index in [-0.39, 0.29) is 35.5 Å². The summed E-state index contributed by atoms with van der Waals surface area (Å²) >= 11 is 0. The molecule has 0 saturated heterocycles. The summed E-state index contributed by atoms with van der Waals surface area (Å²) in [5.41, 5.74) is -0.213. The average molecular weight is 728 g/mol. The molecule has 1 atom stereocenters. The van der Waals surface area contributed by atoms with Crippen molar-refractivity contribution in [2.75, 3.05) is 0 Å². The van der Waals surface area contributed by atoms with Crippen LogP contribution < -0.4 is 14.8 Å². The van der Waals surface area contributed by atoms with E-state index in [1.165, 1.54) is 49.4 Å². The molecule has 282 valence electrons. The van der Waals surface area contributed by atoms with Crippen molar-refractivity contribution in [1.82, 2.24) is 5.32 Å². The van der Waals surface area contributed by atoms with Crippen LogP contribution in [0.2, 0.25) is 0 Å². The summed E-state index contributed by atoms with van der Waals surface area (Å²) in [6, 6.07) is 10.1. The summed E-state index contributed by atoms with van der Waals surface area (Å²) in [6.07, 6.45) is 27.1. The van der Waals surface area contributed by atoms with Gasteiger partial charge in [0, 0.05) is 19.4 Å². The van der Waals surface area contributed by atoms with Crippen molar-refractivity contribution in [3.8, 4) is 11.5 Å². The number of hydrogen-bond acceptors (Lipinski definition) is 10. The van der Waals surface area contributed by atoms with Gasteiger partial charge in [0.15, 0.2) is 6.29 Å². The Bertz CT molecular complexity index is 1670. The Kier molecular flexibility index (Phi) is 21.5. The van der Waals surface area contributed by atoms with Gasteiger partial charge in [0.2, 0.25) is 0 Å². The van der Waals surface area contributed by atoms with Gasteiger partial charge in [0.05, 0.1) is 5.56 Å². The zero-order chi connectivity index (χ0) is 38.7. The first-order chi connectivity index (χ1) is 25.6. The summed E-state index contributed by atoms with van der Waals surface area (Å²) in [6.45, 7) is 3.30. The number of allylic oxidation sites excluding steroid dienone is 11. The van der Waals surface area contributed by atoms with Crippen LogP contribution in [-0.4, -0.2) is 52.3 Å². The molecule has 1 amide bonds. The molecular weight excluding hydrogens is 678 g/mol. The zero-order valence-electron chi connectivity index (χ0n) is 30.2. The molecule has 3 N–H and O–H groups in total. The van der Waals surface area contributed by atoms with Crippen molar-refractivity contribution >= 4 is 29.8 Å². The zero-order valence-corrected chi connectivity index (χ0v) is 30.2. The van der Waals surface area contributed by atoms with Crippen molar-refractivity contribution in [1.29, 1.82) is 0 Å². The van der Waals surface area contributed by atoms with Crippen LogP contribution >= 0.6 is 0 Å². The number of rotatable bonds is 22. The number of amides is 1. The lowest BCUT2D eigenvalue weighted by Crippen LogP contribution is -2.43. The molecule has 2 aromatic rings. The first kappa shape index (κ1) is 43.5. The van der Waals surface area contributed by atoms with Crippen LogP contribution in [0.3, 0.4) is 0 Å². The number of carbonyl (C=O) groups excluding carboxylic acids is 5. The Morgan fingerprint density at radius 3 is 1.74 bits per heavy atom. The molecule has 0 aromatic heterocycles. The van der Waals surface area contributed by atoms with Crippen molar-refractivity contribution in [2.24, 2.45) is 0 Å². The topological polar surface area (TPSA) is 166 Å². The van der Waals surface area contributed by atoms with Crippen LogP contribution in [0.1, 0.15) is 92.4 Å². The molecule has 11 nitrogen and oxygen atoms in total. The third-order valence-corrected chi connectivity index (χ3v) is 7.11. The lowest BCUT2D eigenvalue weighted by atomic mass is 10.1. The van der Waals surface area contributed by atoms with Gasteiger partial charge < -0.3 is 29.7 Å². The molecule has 0 bridgehead atoms. The molecule has 2 aromatic carbocycles. The number of nitrogens with one attached hydrogen (secondary N) is 1. The van der Waals surface area contributed by atoms with E-state index < -0.39 is 42.1 Å².